The van der Waals surface area contributed by atoms with Crippen molar-refractivity contribution in [2.24, 2.45) is 5.41 Å². The molecule has 0 aliphatic carbocycles. The zero-order valence-electron chi connectivity index (χ0n) is 9.69. The number of hydrogen-bond acceptors (Lipinski definition) is 0. The fourth-order valence-electron chi connectivity index (χ4n) is 1.11. The van der Waals surface area contributed by atoms with Crippen LogP contribution in [0, 0.1) is 11.1 Å². The average Bonchev–Trinajstić information content (AvgIpc) is 1.79. The summed E-state index contributed by atoms with van der Waals surface area (Å²) in [4.78, 5) is 0. The maximum Gasteiger partial charge on any atom is 0 e. The first-order chi connectivity index (χ1) is 5.31. The van der Waals surface area contributed by atoms with E-state index in [0.717, 1.165) is 8.58 Å². The minimum absolute atomic E-state index is 0. The molecule has 78 valence electrons. The molecule has 0 nitrogen and oxygen atoms in total. The molecule has 0 rings (SSSR count). The van der Waals surface area contributed by atoms with Gasteiger partial charge in [0, 0.05) is 21.1 Å². The summed E-state index contributed by atoms with van der Waals surface area (Å²) in [6.45, 7) is 13.4. The van der Waals surface area contributed by atoms with Crippen LogP contribution in [0.25, 0.3) is 0 Å². The Labute approximate surface area is 100 Å². The second-order valence-corrected chi connectivity index (χ2v) is 6.42. The summed E-state index contributed by atoms with van der Waals surface area (Å²) < 4.78 is 0. The normalized spacial score (nSPS) is 13.9. The molecule has 0 saturated carbocycles. The van der Waals surface area contributed by atoms with Gasteiger partial charge in [0.1, 0.15) is 0 Å². The van der Waals surface area contributed by atoms with Crippen molar-refractivity contribution in [2.75, 3.05) is 6.16 Å². The Balaban J connectivity index is 0. The molecule has 0 spiro atoms. The van der Waals surface area contributed by atoms with Crippen LogP contribution in [0.4, 0.5) is 0 Å². The van der Waals surface area contributed by atoms with E-state index in [4.69, 9.17) is 0 Å². The Morgan fingerprint density at radius 2 is 1.77 bits per heavy atom. The predicted molar refractivity (Wildman–Crippen MR) is 61.0 cm³/mol. The van der Waals surface area contributed by atoms with Crippen molar-refractivity contribution in [3.05, 3.63) is 17.3 Å². The molecule has 0 N–H and O–H groups in total. The molecule has 0 aliphatic rings. The molecule has 1 unspecified atom stereocenters. The van der Waals surface area contributed by atoms with E-state index in [9.17, 15) is 0 Å². The first-order valence-electron chi connectivity index (χ1n) is 4.53. The molecule has 0 aromatic carbocycles. The van der Waals surface area contributed by atoms with E-state index in [1.54, 1.807) is 5.66 Å². The van der Waals surface area contributed by atoms with Crippen LogP contribution in [0.1, 0.15) is 41.5 Å². The summed E-state index contributed by atoms with van der Waals surface area (Å²) in [6, 6.07) is 0. The topological polar surface area (TPSA) is 0 Å². The Morgan fingerprint density at radius 3 is 2.08 bits per heavy atom. The van der Waals surface area contributed by atoms with E-state index in [0.29, 0.717) is 5.41 Å². The molecule has 0 radical (unpaired) electrons. The molecule has 0 aromatic rings. The minimum Gasteiger partial charge on any atom is -0.296 e. The summed E-state index contributed by atoms with van der Waals surface area (Å²) in [5.41, 5.74) is 3.43. The van der Waals surface area contributed by atoms with Crippen molar-refractivity contribution in [3.8, 4) is 0 Å². The minimum atomic E-state index is 0. The summed E-state index contributed by atoms with van der Waals surface area (Å²) in [6.07, 6.45) is 3.63. The molecule has 0 bridgehead atoms. The zero-order valence-corrected chi connectivity index (χ0v) is 13.6. The molecule has 0 fully saturated rings. The van der Waals surface area contributed by atoms with Gasteiger partial charge in [-0.3, -0.25) is 14.2 Å². The number of hydrogen-bond donors (Lipinski definition) is 0. The first-order valence-corrected chi connectivity index (χ1v) is 5.74. The van der Waals surface area contributed by atoms with Gasteiger partial charge in [0.05, 0.1) is 0 Å². The number of allylic oxidation sites excluding steroid dienone is 2. The monoisotopic (exact) mass is 369 g/mol. The third-order valence-corrected chi connectivity index (χ3v) is 2.84. The van der Waals surface area contributed by atoms with Crippen LogP contribution in [0.5, 0.6) is 0 Å². The van der Waals surface area contributed by atoms with Crippen LogP contribution in [-0.2, 0) is 21.1 Å². The molecular weight excluding hydrogens is 347 g/mol. The Bertz CT molecular complexity index is 154. The Hall–Kier alpha value is 0.858. The van der Waals surface area contributed by atoms with Crippen molar-refractivity contribution >= 4 is 8.58 Å². The van der Waals surface area contributed by atoms with Gasteiger partial charge in [-0.15, -0.1) is 0 Å². The van der Waals surface area contributed by atoms with E-state index in [-0.39, 0.29) is 21.1 Å². The fourth-order valence-corrected chi connectivity index (χ4v) is 1.84. The summed E-state index contributed by atoms with van der Waals surface area (Å²) in [7, 11) is 1.00. The van der Waals surface area contributed by atoms with Gasteiger partial charge in [0.25, 0.3) is 0 Å². The van der Waals surface area contributed by atoms with Crippen molar-refractivity contribution in [1.82, 2.24) is 0 Å². The smallest absolute Gasteiger partial charge is 0 e. The van der Waals surface area contributed by atoms with Gasteiger partial charge in [-0.25, -0.2) is 0 Å². The largest absolute Gasteiger partial charge is 0.296 e. The average molecular weight is 369 g/mol. The second-order valence-electron chi connectivity index (χ2n) is 4.71. The molecule has 0 aromatic heterocycles. The van der Waals surface area contributed by atoms with E-state index in [1.807, 2.05) is 0 Å². The van der Waals surface area contributed by atoms with Crippen LogP contribution >= 0.6 is 8.58 Å². The van der Waals surface area contributed by atoms with Crippen molar-refractivity contribution in [1.29, 1.82) is 0 Å². The third kappa shape index (κ3) is 12.9. The Morgan fingerprint density at radius 1 is 1.31 bits per heavy atom. The molecule has 1 atom stereocenters. The van der Waals surface area contributed by atoms with Crippen LogP contribution in [0.2, 0.25) is 0 Å². The first kappa shape index (κ1) is 16.3. The van der Waals surface area contributed by atoms with Gasteiger partial charge < -0.3 is 0 Å². The SMILES string of the molecule is C/C(=C/C(C)(C)C)CP[C-](C)C.[W]. The third-order valence-electron chi connectivity index (χ3n) is 1.40. The van der Waals surface area contributed by atoms with E-state index in [2.05, 4.69) is 47.6 Å². The predicted octanol–water partition coefficient (Wildman–Crippen LogP) is 4.23. The van der Waals surface area contributed by atoms with Gasteiger partial charge in [0.2, 0.25) is 0 Å². The second kappa shape index (κ2) is 7.19. The molecule has 2 heteroatoms. The maximum atomic E-state index is 2.38. The molecule has 0 amide bonds. The van der Waals surface area contributed by atoms with E-state index < -0.39 is 0 Å². The molecule has 0 saturated heterocycles. The van der Waals surface area contributed by atoms with Crippen LogP contribution < -0.4 is 0 Å². The quantitative estimate of drug-likeness (QED) is 0.397. The summed E-state index contributed by atoms with van der Waals surface area (Å²) in [5, 5.41) is 0. The summed E-state index contributed by atoms with van der Waals surface area (Å²) >= 11 is 0. The Kier molecular flexibility index (Phi) is 9.01. The van der Waals surface area contributed by atoms with Gasteiger partial charge in [0.15, 0.2) is 0 Å². The van der Waals surface area contributed by atoms with Gasteiger partial charge in [-0.2, -0.15) is 13.8 Å². The standard InChI is InChI=1S/C11H22P.W/c1-9(2)12-8-10(3)7-11(4,5)6;/h7,12H,8H2,1-6H3;/q-1;/b10-7-;. The maximum absolute atomic E-state index is 2.38. The van der Waals surface area contributed by atoms with E-state index in [1.165, 1.54) is 11.7 Å². The van der Waals surface area contributed by atoms with Crippen LogP contribution in [0.15, 0.2) is 11.6 Å². The van der Waals surface area contributed by atoms with Crippen LogP contribution in [0.3, 0.4) is 0 Å². The zero-order chi connectivity index (χ0) is 9.78. The van der Waals surface area contributed by atoms with Gasteiger partial charge in [-0.05, 0) is 18.5 Å². The number of rotatable bonds is 3. The van der Waals surface area contributed by atoms with Crippen molar-refractivity contribution in [2.45, 2.75) is 41.5 Å². The molecular formula is C11H22PW-. The fraction of sp³-hybridized carbons (Fsp3) is 0.727. The van der Waals surface area contributed by atoms with Gasteiger partial charge >= 0.3 is 0 Å². The summed E-state index contributed by atoms with van der Waals surface area (Å²) in [5.74, 6) is 0. The van der Waals surface area contributed by atoms with Crippen molar-refractivity contribution < 1.29 is 21.1 Å². The molecule has 0 heterocycles. The molecule has 13 heavy (non-hydrogen) atoms. The van der Waals surface area contributed by atoms with Gasteiger partial charge in [-0.1, -0.05) is 32.4 Å². The molecule has 0 aliphatic heterocycles. The van der Waals surface area contributed by atoms with E-state index >= 15 is 0 Å². The van der Waals surface area contributed by atoms with Crippen molar-refractivity contribution in [3.63, 3.8) is 0 Å². The van der Waals surface area contributed by atoms with Crippen LogP contribution in [-0.4, -0.2) is 6.16 Å².